The maximum absolute atomic E-state index is 11.2. The Morgan fingerprint density at radius 2 is 2.00 bits per heavy atom. The van der Waals surface area contributed by atoms with Gasteiger partial charge in [-0.1, -0.05) is 0 Å². The number of ether oxygens (including phenoxy) is 1. The molecule has 8 nitrogen and oxygen atoms in total. The van der Waals surface area contributed by atoms with Gasteiger partial charge in [-0.15, -0.1) is 0 Å². The van der Waals surface area contributed by atoms with Crippen molar-refractivity contribution in [2.75, 3.05) is 6.61 Å². The van der Waals surface area contributed by atoms with Crippen molar-refractivity contribution in [2.45, 2.75) is 11.8 Å². The third-order valence-electron chi connectivity index (χ3n) is 2.09. The lowest BCUT2D eigenvalue weighted by Crippen LogP contribution is -2.38. The average molecular weight is 287 g/mol. The molecule has 0 aliphatic heterocycles. The lowest BCUT2D eigenvalue weighted by molar-refractivity contribution is -0.121. The Labute approximate surface area is 109 Å². The molecule has 0 saturated carbocycles. The van der Waals surface area contributed by atoms with Crippen LogP contribution in [0.25, 0.3) is 0 Å². The van der Waals surface area contributed by atoms with Crippen LogP contribution in [0.1, 0.15) is 5.56 Å². The minimum absolute atomic E-state index is 0.0264. The van der Waals surface area contributed by atoms with Crippen LogP contribution in [0.4, 0.5) is 4.79 Å². The Kier molecular flexibility index (Phi) is 4.46. The molecule has 0 atom stereocenters. The first-order chi connectivity index (χ1) is 8.70. The second-order valence-electron chi connectivity index (χ2n) is 3.67. The molecule has 19 heavy (non-hydrogen) atoms. The third-order valence-corrected chi connectivity index (χ3v) is 3.16. The number of aryl methyl sites for hydroxylation is 1. The van der Waals surface area contributed by atoms with Crippen LogP contribution in [0.2, 0.25) is 0 Å². The summed E-state index contributed by atoms with van der Waals surface area (Å²) in [5.41, 5.74) is 5.13. The summed E-state index contributed by atoms with van der Waals surface area (Å²) in [6.07, 6.45) is 0. The Bertz CT molecular complexity index is 612. The average Bonchev–Trinajstić information content (AvgIpc) is 2.23. The summed E-state index contributed by atoms with van der Waals surface area (Å²) in [5, 5.41) is 6.82. The summed E-state index contributed by atoms with van der Waals surface area (Å²) in [6, 6.07) is 3.06. The summed E-state index contributed by atoms with van der Waals surface area (Å²) in [5.74, 6) is -0.440. The molecule has 5 N–H and O–H groups in total. The number of hydrogen-bond donors (Lipinski definition) is 3. The van der Waals surface area contributed by atoms with Gasteiger partial charge in [0.15, 0.2) is 6.61 Å². The van der Waals surface area contributed by atoms with Crippen molar-refractivity contribution in [3.8, 4) is 5.75 Å². The molecule has 0 saturated heterocycles. The van der Waals surface area contributed by atoms with E-state index in [1.807, 2.05) is 5.32 Å². The molecule has 9 heteroatoms. The Balaban J connectivity index is 2.75. The second-order valence-corrected chi connectivity index (χ2v) is 5.20. The van der Waals surface area contributed by atoms with E-state index >= 15 is 0 Å². The Morgan fingerprint density at radius 1 is 1.37 bits per heavy atom. The van der Waals surface area contributed by atoms with Crippen LogP contribution < -0.4 is 20.9 Å². The van der Waals surface area contributed by atoms with Crippen molar-refractivity contribution in [1.29, 1.82) is 0 Å². The highest BCUT2D eigenvalue weighted by Crippen LogP contribution is 2.19. The van der Waals surface area contributed by atoms with Crippen molar-refractivity contribution in [2.24, 2.45) is 10.9 Å². The first-order valence-corrected chi connectivity index (χ1v) is 6.60. The van der Waals surface area contributed by atoms with Crippen LogP contribution in [0.5, 0.6) is 5.75 Å². The fraction of sp³-hybridized carbons (Fsp3) is 0.200. The van der Waals surface area contributed by atoms with Gasteiger partial charge in [0.1, 0.15) is 5.75 Å². The quantitative estimate of drug-likeness (QED) is 0.665. The number of benzene rings is 1. The van der Waals surface area contributed by atoms with E-state index in [9.17, 15) is 18.0 Å². The van der Waals surface area contributed by atoms with E-state index in [2.05, 4.69) is 0 Å². The monoisotopic (exact) mass is 287 g/mol. The van der Waals surface area contributed by atoms with Crippen LogP contribution in [0.3, 0.4) is 0 Å². The molecule has 0 spiro atoms. The first-order valence-electron chi connectivity index (χ1n) is 5.05. The van der Waals surface area contributed by atoms with Crippen molar-refractivity contribution < 1.29 is 22.7 Å². The van der Waals surface area contributed by atoms with Crippen molar-refractivity contribution in [1.82, 2.24) is 5.32 Å². The van der Waals surface area contributed by atoms with Crippen LogP contribution in [-0.4, -0.2) is 27.0 Å². The zero-order chi connectivity index (χ0) is 14.6. The summed E-state index contributed by atoms with van der Waals surface area (Å²) < 4.78 is 27.4. The number of rotatable bonds is 4. The summed E-state index contributed by atoms with van der Waals surface area (Å²) in [6.45, 7) is 1.12. The van der Waals surface area contributed by atoms with Gasteiger partial charge < -0.3 is 10.5 Å². The van der Waals surface area contributed by atoms with Gasteiger partial charge in [0.05, 0.1) is 4.90 Å². The zero-order valence-corrected chi connectivity index (χ0v) is 10.9. The van der Waals surface area contributed by atoms with Gasteiger partial charge in [-0.05, 0) is 30.7 Å². The number of hydrogen-bond acceptors (Lipinski definition) is 5. The molecule has 0 aliphatic rings. The van der Waals surface area contributed by atoms with E-state index in [1.165, 1.54) is 25.1 Å². The lowest BCUT2D eigenvalue weighted by Gasteiger charge is -2.08. The largest absolute Gasteiger partial charge is 0.484 e. The van der Waals surface area contributed by atoms with E-state index in [0.717, 1.165) is 0 Å². The predicted molar refractivity (Wildman–Crippen MR) is 65.8 cm³/mol. The number of nitrogens with two attached hydrogens (primary N) is 2. The lowest BCUT2D eigenvalue weighted by atomic mass is 10.2. The molecular formula is C10H13N3O5S. The van der Waals surface area contributed by atoms with Crippen LogP contribution >= 0.6 is 0 Å². The fourth-order valence-corrected chi connectivity index (χ4v) is 2.12. The molecule has 1 aromatic rings. The molecule has 104 valence electrons. The highest BCUT2D eigenvalue weighted by atomic mass is 32.2. The maximum Gasteiger partial charge on any atom is 0.318 e. The number of amides is 3. The highest BCUT2D eigenvalue weighted by molar-refractivity contribution is 7.89. The predicted octanol–water partition coefficient (Wildman–Crippen LogP) is -0.784. The molecule has 1 aromatic carbocycles. The third kappa shape index (κ3) is 4.56. The first kappa shape index (κ1) is 14.9. The molecule has 1 rings (SSSR count). The topological polar surface area (TPSA) is 142 Å². The SMILES string of the molecule is Cc1cc(OCC(=O)NC(N)=O)ccc1S(N)(=O)=O. The number of carbonyl (C=O) groups excluding carboxylic acids is 2. The number of urea groups is 1. The molecule has 3 amide bonds. The molecule has 0 radical (unpaired) electrons. The number of primary sulfonamides is 1. The smallest absolute Gasteiger partial charge is 0.318 e. The van der Waals surface area contributed by atoms with Gasteiger partial charge in [-0.25, -0.2) is 18.4 Å². The van der Waals surface area contributed by atoms with Gasteiger partial charge in [0.25, 0.3) is 5.91 Å². The van der Waals surface area contributed by atoms with Gasteiger partial charge >= 0.3 is 6.03 Å². The van der Waals surface area contributed by atoms with Gasteiger partial charge in [0.2, 0.25) is 10.0 Å². The zero-order valence-electron chi connectivity index (χ0n) is 10.0. The highest BCUT2D eigenvalue weighted by Gasteiger charge is 2.12. The molecule has 0 heterocycles. The minimum Gasteiger partial charge on any atom is -0.484 e. The van der Waals surface area contributed by atoms with Crippen molar-refractivity contribution >= 4 is 22.0 Å². The number of primary amides is 1. The van der Waals surface area contributed by atoms with Gasteiger partial charge in [-0.3, -0.25) is 10.1 Å². The Hall–Kier alpha value is -2.13. The van der Waals surface area contributed by atoms with Crippen molar-refractivity contribution in [3.63, 3.8) is 0 Å². The number of carbonyl (C=O) groups is 2. The van der Waals surface area contributed by atoms with E-state index in [0.29, 0.717) is 5.56 Å². The summed E-state index contributed by atoms with van der Waals surface area (Å²) in [7, 11) is -3.79. The molecule has 0 unspecified atom stereocenters. The molecular weight excluding hydrogens is 274 g/mol. The minimum atomic E-state index is -3.79. The maximum atomic E-state index is 11.2. The standard InChI is InChI=1S/C10H13N3O5S/c1-6-4-7(2-3-8(6)19(12,16)17)18-5-9(14)13-10(11)15/h2-4H,5H2,1H3,(H2,12,16,17)(H3,11,13,14,15). The second kappa shape index (κ2) is 5.67. The number of sulfonamides is 1. The van der Waals surface area contributed by atoms with E-state index < -0.39 is 28.6 Å². The van der Waals surface area contributed by atoms with Crippen LogP contribution in [0, 0.1) is 6.92 Å². The number of nitrogens with one attached hydrogen (secondary N) is 1. The molecule has 0 fully saturated rings. The normalized spacial score (nSPS) is 10.8. The van der Waals surface area contributed by atoms with Gasteiger partial charge in [-0.2, -0.15) is 0 Å². The Morgan fingerprint density at radius 3 is 2.47 bits per heavy atom. The van der Waals surface area contributed by atoms with Crippen LogP contribution in [-0.2, 0) is 14.8 Å². The van der Waals surface area contributed by atoms with Crippen molar-refractivity contribution in [3.05, 3.63) is 23.8 Å². The molecule has 0 aromatic heterocycles. The van der Waals surface area contributed by atoms with E-state index in [-0.39, 0.29) is 10.6 Å². The fourth-order valence-electron chi connectivity index (χ4n) is 1.35. The molecule has 0 aliphatic carbocycles. The van der Waals surface area contributed by atoms with E-state index in [4.69, 9.17) is 15.6 Å². The summed E-state index contributed by atoms with van der Waals surface area (Å²) >= 11 is 0. The molecule has 0 bridgehead atoms. The summed E-state index contributed by atoms with van der Waals surface area (Å²) in [4.78, 5) is 21.4. The van der Waals surface area contributed by atoms with Crippen LogP contribution in [0.15, 0.2) is 23.1 Å². The number of imide groups is 1. The van der Waals surface area contributed by atoms with Gasteiger partial charge in [0, 0.05) is 0 Å². The van der Waals surface area contributed by atoms with E-state index in [1.54, 1.807) is 0 Å².